The number of carbonyl (C=O) groups is 1. The number of methoxy groups -OCH3 is 1. The normalized spacial score (nSPS) is 27.5. The summed E-state index contributed by atoms with van der Waals surface area (Å²) < 4.78 is 7.46. The van der Waals surface area contributed by atoms with E-state index >= 15 is 0 Å². The monoisotopic (exact) mass is 414 g/mol. The van der Waals surface area contributed by atoms with Gasteiger partial charge in [0.2, 0.25) is 5.91 Å². The van der Waals surface area contributed by atoms with Crippen molar-refractivity contribution >= 4 is 11.6 Å². The average molecular weight is 415 g/mol. The van der Waals surface area contributed by atoms with E-state index in [4.69, 9.17) is 4.74 Å². The second-order valence-corrected chi connectivity index (χ2v) is 8.80. The number of rotatable bonds is 4. The van der Waals surface area contributed by atoms with Crippen molar-refractivity contribution in [1.82, 2.24) is 14.7 Å². The fourth-order valence-corrected chi connectivity index (χ4v) is 6.17. The Balaban J connectivity index is 1.35. The van der Waals surface area contributed by atoms with Crippen LogP contribution < -0.4 is 9.64 Å². The molecule has 0 N–H and O–H groups in total. The van der Waals surface area contributed by atoms with Crippen molar-refractivity contribution < 1.29 is 9.53 Å². The smallest absolute Gasteiger partial charge is 0.248 e. The summed E-state index contributed by atoms with van der Waals surface area (Å²) in [5.74, 6) is 1.33. The molecule has 3 saturated heterocycles. The van der Waals surface area contributed by atoms with Gasteiger partial charge in [0.05, 0.1) is 18.5 Å². The van der Waals surface area contributed by atoms with Gasteiger partial charge in [-0.25, -0.2) is 4.68 Å². The molecule has 0 unspecified atom stereocenters. The van der Waals surface area contributed by atoms with Gasteiger partial charge in [0.25, 0.3) is 0 Å². The first-order valence-corrected chi connectivity index (χ1v) is 11.0. The van der Waals surface area contributed by atoms with E-state index in [0.29, 0.717) is 5.92 Å². The van der Waals surface area contributed by atoms with E-state index < -0.39 is 0 Å². The highest BCUT2D eigenvalue weighted by atomic mass is 16.5. The Morgan fingerprint density at radius 2 is 2.03 bits per heavy atom. The summed E-state index contributed by atoms with van der Waals surface area (Å²) in [5, 5.41) is 4.38. The van der Waals surface area contributed by atoms with E-state index in [0.717, 1.165) is 49.5 Å². The Bertz CT molecular complexity index is 1130. The van der Waals surface area contributed by atoms with Crippen LogP contribution >= 0.6 is 0 Å². The number of ether oxygens (including phenoxy) is 1. The zero-order valence-corrected chi connectivity index (χ0v) is 17.6. The molecule has 3 atom stereocenters. The number of aromatic nitrogens is 2. The maximum Gasteiger partial charge on any atom is 0.248 e. The molecule has 1 spiro atoms. The van der Waals surface area contributed by atoms with Crippen molar-refractivity contribution in [1.29, 1.82) is 0 Å². The molecule has 6 nitrogen and oxygen atoms in total. The summed E-state index contributed by atoms with van der Waals surface area (Å²) in [7, 11) is 1.67. The first-order chi connectivity index (χ1) is 15.2. The number of amides is 1. The van der Waals surface area contributed by atoms with E-state index in [1.165, 1.54) is 5.56 Å². The maximum absolute atomic E-state index is 13.9. The van der Waals surface area contributed by atoms with Crippen molar-refractivity contribution in [3.63, 3.8) is 0 Å². The van der Waals surface area contributed by atoms with Gasteiger partial charge in [-0.05, 0) is 61.7 Å². The van der Waals surface area contributed by atoms with Crippen LogP contribution in [0.4, 0.5) is 5.69 Å². The quantitative estimate of drug-likeness (QED) is 0.651. The lowest BCUT2D eigenvalue weighted by atomic mass is 9.85. The van der Waals surface area contributed by atoms with Crippen LogP contribution in [-0.2, 0) is 4.79 Å². The summed E-state index contributed by atoms with van der Waals surface area (Å²) >= 11 is 0. The largest absolute Gasteiger partial charge is 0.495 e. The molecule has 0 aliphatic carbocycles. The highest BCUT2D eigenvalue weighted by Gasteiger charge is 2.65. The summed E-state index contributed by atoms with van der Waals surface area (Å²) in [6, 6.07) is 18.7. The van der Waals surface area contributed by atoms with Crippen LogP contribution in [0.5, 0.6) is 5.75 Å². The lowest BCUT2D eigenvalue weighted by molar-refractivity contribution is -0.126. The minimum atomic E-state index is -0.382. The number of benzene rings is 2. The Morgan fingerprint density at radius 1 is 1.13 bits per heavy atom. The van der Waals surface area contributed by atoms with Crippen molar-refractivity contribution in [3.8, 4) is 11.4 Å². The van der Waals surface area contributed by atoms with Crippen LogP contribution in [0, 0.1) is 5.92 Å². The van der Waals surface area contributed by atoms with Crippen LogP contribution in [0.2, 0.25) is 0 Å². The van der Waals surface area contributed by atoms with Crippen LogP contribution in [0.3, 0.4) is 0 Å². The standard InChI is InChI=1S/C25H26N4O2/c1-31-23-10-3-2-9-21(23)27-17-19-16-22(28-13-5-11-25(19,28)24(27)30)18-7-4-8-20(15-18)29-14-6-12-26-29/h2-4,6-10,12,14-15,19,22H,5,11,13,16-17H2,1H3/t19-,22-,25-/m0/s1. The number of carbonyl (C=O) groups excluding carboxylic acids is 1. The van der Waals surface area contributed by atoms with Gasteiger partial charge in [-0.2, -0.15) is 5.10 Å². The number of hydrogen-bond donors (Lipinski definition) is 0. The van der Waals surface area contributed by atoms with Gasteiger partial charge in [-0.15, -0.1) is 0 Å². The van der Waals surface area contributed by atoms with Gasteiger partial charge in [-0.1, -0.05) is 24.3 Å². The number of hydrogen-bond acceptors (Lipinski definition) is 4. The SMILES string of the molecule is COc1ccccc1N1C[C@@H]2C[C@@H](c3cccc(-n4cccn4)c3)N3CCC[C@@]23C1=O. The van der Waals surface area contributed by atoms with Gasteiger partial charge >= 0.3 is 0 Å². The molecule has 31 heavy (non-hydrogen) atoms. The van der Waals surface area contributed by atoms with Crippen LogP contribution in [-0.4, -0.2) is 46.3 Å². The first-order valence-electron chi connectivity index (χ1n) is 11.0. The Hall–Kier alpha value is -3.12. The molecule has 6 heteroatoms. The molecule has 0 saturated carbocycles. The molecule has 0 bridgehead atoms. The second-order valence-electron chi connectivity index (χ2n) is 8.80. The Morgan fingerprint density at radius 3 is 2.87 bits per heavy atom. The van der Waals surface area contributed by atoms with Gasteiger partial charge in [0.1, 0.15) is 11.3 Å². The van der Waals surface area contributed by atoms with Gasteiger partial charge in [0, 0.05) is 30.9 Å². The molecule has 0 radical (unpaired) electrons. The zero-order valence-electron chi connectivity index (χ0n) is 17.6. The fourth-order valence-electron chi connectivity index (χ4n) is 6.17. The van der Waals surface area contributed by atoms with E-state index in [-0.39, 0.29) is 17.5 Å². The molecule has 2 aromatic carbocycles. The number of anilines is 1. The van der Waals surface area contributed by atoms with E-state index in [1.807, 2.05) is 46.1 Å². The predicted molar refractivity (Wildman–Crippen MR) is 118 cm³/mol. The zero-order chi connectivity index (χ0) is 21.0. The summed E-state index contributed by atoms with van der Waals surface area (Å²) in [5.41, 5.74) is 2.85. The van der Waals surface area contributed by atoms with Gasteiger partial charge < -0.3 is 9.64 Å². The highest BCUT2D eigenvalue weighted by Crippen LogP contribution is 2.57. The van der Waals surface area contributed by atoms with Crippen molar-refractivity contribution in [2.24, 2.45) is 5.92 Å². The number of para-hydroxylation sites is 2. The third kappa shape index (κ3) is 2.61. The molecule has 1 aromatic heterocycles. The lowest BCUT2D eigenvalue weighted by Crippen LogP contribution is -2.49. The van der Waals surface area contributed by atoms with Crippen LogP contribution in [0.25, 0.3) is 5.69 Å². The topological polar surface area (TPSA) is 50.6 Å². The maximum atomic E-state index is 13.9. The van der Waals surface area contributed by atoms with Crippen molar-refractivity contribution in [3.05, 3.63) is 72.6 Å². The molecular weight excluding hydrogens is 388 g/mol. The number of nitrogens with zero attached hydrogens (tertiary/aromatic N) is 4. The molecule has 3 aliphatic heterocycles. The van der Waals surface area contributed by atoms with Crippen molar-refractivity contribution in [2.45, 2.75) is 30.8 Å². The molecule has 1 amide bonds. The molecule has 3 aliphatic rings. The molecular formula is C25H26N4O2. The minimum Gasteiger partial charge on any atom is -0.495 e. The van der Waals surface area contributed by atoms with Crippen LogP contribution in [0.1, 0.15) is 30.9 Å². The third-order valence-electron chi connectivity index (χ3n) is 7.45. The molecule has 3 fully saturated rings. The van der Waals surface area contributed by atoms with Crippen LogP contribution in [0.15, 0.2) is 67.0 Å². The van der Waals surface area contributed by atoms with Crippen molar-refractivity contribution in [2.75, 3.05) is 25.1 Å². The van der Waals surface area contributed by atoms with E-state index in [9.17, 15) is 4.79 Å². The van der Waals surface area contributed by atoms with E-state index in [2.05, 4.69) is 34.3 Å². The molecule has 4 heterocycles. The molecule has 6 rings (SSSR count). The summed E-state index contributed by atoms with van der Waals surface area (Å²) in [6.07, 6.45) is 6.77. The Labute approximate surface area is 182 Å². The van der Waals surface area contributed by atoms with E-state index in [1.54, 1.807) is 13.3 Å². The minimum absolute atomic E-state index is 0.241. The summed E-state index contributed by atoms with van der Waals surface area (Å²) in [4.78, 5) is 18.4. The fraction of sp³-hybridized carbons (Fsp3) is 0.360. The summed E-state index contributed by atoms with van der Waals surface area (Å²) in [6.45, 7) is 1.73. The molecule has 158 valence electrons. The molecule has 3 aromatic rings. The van der Waals surface area contributed by atoms with Gasteiger partial charge in [0.15, 0.2) is 0 Å². The first kappa shape index (κ1) is 18.6. The predicted octanol–water partition coefficient (Wildman–Crippen LogP) is 3.82. The van der Waals surface area contributed by atoms with Gasteiger partial charge in [-0.3, -0.25) is 9.69 Å². The average Bonchev–Trinajstić information content (AvgIpc) is 3.58. The highest BCUT2D eigenvalue weighted by molar-refractivity contribution is 6.04. The third-order valence-corrected chi connectivity index (χ3v) is 7.45. The Kier molecular flexibility index (Phi) is 4.18. The lowest BCUT2D eigenvalue weighted by Gasteiger charge is -2.34. The second kappa shape index (κ2) is 6.95.